The van der Waals surface area contributed by atoms with Gasteiger partial charge in [0.05, 0.1) is 11.6 Å². The molecular formula is C13H11ClN4O. The molecule has 0 radical (unpaired) electrons. The van der Waals surface area contributed by atoms with Gasteiger partial charge in [0.1, 0.15) is 17.5 Å². The molecule has 0 spiro atoms. The molecule has 2 aromatic heterocycles. The van der Waals surface area contributed by atoms with Crippen molar-refractivity contribution in [1.29, 1.82) is 0 Å². The number of rotatable bonds is 3. The molecule has 0 fully saturated rings. The van der Waals surface area contributed by atoms with E-state index in [4.69, 9.17) is 16.3 Å². The van der Waals surface area contributed by atoms with E-state index in [9.17, 15) is 0 Å². The van der Waals surface area contributed by atoms with Gasteiger partial charge in [-0.1, -0.05) is 29.8 Å². The Labute approximate surface area is 114 Å². The van der Waals surface area contributed by atoms with Gasteiger partial charge in [0.2, 0.25) is 0 Å². The lowest BCUT2D eigenvalue weighted by molar-refractivity contribution is 0.296. The molecule has 3 rings (SSSR count). The number of para-hydroxylation sites is 1. The summed E-state index contributed by atoms with van der Waals surface area (Å²) in [5.74, 6) is 1.30. The molecule has 19 heavy (non-hydrogen) atoms. The summed E-state index contributed by atoms with van der Waals surface area (Å²) in [6.07, 6.45) is 1.65. The molecule has 1 aromatic carbocycles. The van der Waals surface area contributed by atoms with Crippen LogP contribution in [0.25, 0.3) is 11.0 Å². The monoisotopic (exact) mass is 274 g/mol. The quantitative estimate of drug-likeness (QED) is 0.689. The Hall–Kier alpha value is -2.14. The fourth-order valence-corrected chi connectivity index (χ4v) is 1.99. The van der Waals surface area contributed by atoms with Crippen molar-refractivity contribution >= 4 is 22.6 Å². The van der Waals surface area contributed by atoms with Crippen LogP contribution in [0.5, 0.6) is 5.75 Å². The molecule has 5 nitrogen and oxygen atoms in total. The summed E-state index contributed by atoms with van der Waals surface area (Å²) in [6.45, 7) is 0.269. The summed E-state index contributed by atoms with van der Waals surface area (Å²) in [5.41, 5.74) is 0.701. The second kappa shape index (κ2) is 4.85. The van der Waals surface area contributed by atoms with Crippen LogP contribution in [0.2, 0.25) is 5.15 Å². The highest BCUT2D eigenvalue weighted by atomic mass is 35.5. The van der Waals surface area contributed by atoms with Gasteiger partial charge in [0.15, 0.2) is 11.5 Å². The number of ether oxygens (including phenoxy) is 1. The maximum atomic E-state index is 6.10. The molecule has 0 N–H and O–H groups in total. The number of fused-ring (bicyclic) bond motifs is 1. The summed E-state index contributed by atoms with van der Waals surface area (Å²) >= 11 is 6.10. The van der Waals surface area contributed by atoms with Crippen LogP contribution in [0.15, 0.2) is 36.5 Å². The number of nitrogens with zero attached hydrogens (tertiary/aromatic N) is 4. The fraction of sp³-hybridized carbons (Fsp3) is 0.154. The van der Waals surface area contributed by atoms with Crippen LogP contribution in [0.1, 0.15) is 5.82 Å². The fourth-order valence-electron chi connectivity index (χ4n) is 1.76. The molecule has 0 aliphatic rings. The predicted octanol–water partition coefficient (Wildman–Crippen LogP) is 2.60. The van der Waals surface area contributed by atoms with E-state index in [1.165, 1.54) is 0 Å². The lowest BCUT2D eigenvalue weighted by Crippen LogP contribution is -2.03. The second-order valence-electron chi connectivity index (χ2n) is 4.04. The molecule has 0 bridgehead atoms. The first-order valence-electron chi connectivity index (χ1n) is 5.76. The highest BCUT2D eigenvalue weighted by molar-refractivity contribution is 6.33. The van der Waals surface area contributed by atoms with Crippen molar-refractivity contribution in [2.45, 2.75) is 6.61 Å². The number of hydrogen-bond acceptors (Lipinski definition) is 4. The van der Waals surface area contributed by atoms with Crippen LogP contribution in [-0.4, -0.2) is 19.7 Å². The van der Waals surface area contributed by atoms with Gasteiger partial charge in [-0.3, -0.25) is 4.68 Å². The normalized spacial score (nSPS) is 10.8. The second-order valence-corrected chi connectivity index (χ2v) is 4.40. The number of hydrogen-bond donors (Lipinski definition) is 0. The van der Waals surface area contributed by atoms with Crippen molar-refractivity contribution < 1.29 is 4.74 Å². The Balaban J connectivity index is 1.87. The minimum atomic E-state index is 0.269. The third kappa shape index (κ3) is 2.37. The van der Waals surface area contributed by atoms with Gasteiger partial charge in [-0.15, -0.1) is 0 Å². The zero-order valence-corrected chi connectivity index (χ0v) is 11.0. The number of halogens is 1. The summed E-state index contributed by atoms with van der Waals surface area (Å²) in [7, 11) is 1.81. The first-order chi connectivity index (χ1) is 9.24. The minimum Gasteiger partial charge on any atom is -0.486 e. The van der Waals surface area contributed by atoms with E-state index in [0.29, 0.717) is 16.6 Å². The average molecular weight is 275 g/mol. The van der Waals surface area contributed by atoms with E-state index in [0.717, 1.165) is 11.1 Å². The van der Waals surface area contributed by atoms with Crippen molar-refractivity contribution in [3.05, 3.63) is 47.5 Å². The average Bonchev–Trinajstić information content (AvgIpc) is 2.80. The van der Waals surface area contributed by atoms with Crippen molar-refractivity contribution in [3.8, 4) is 5.75 Å². The maximum absolute atomic E-state index is 6.10. The van der Waals surface area contributed by atoms with E-state index in [-0.39, 0.29) is 6.61 Å². The summed E-state index contributed by atoms with van der Waals surface area (Å²) in [6, 6.07) is 9.51. The zero-order chi connectivity index (χ0) is 13.2. The van der Waals surface area contributed by atoms with Gasteiger partial charge in [0, 0.05) is 7.05 Å². The lowest BCUT2D eigenvalue weighted by Gasteiger charge is -2.05. The third-order valence-corrected chi connectivity index (χ3v) is 2.99. The lowest BCUT2D eigenvalue weighted by atomic mass is 10.3. The summed E-state index contributed by atoms with van der Waals surface area (Å²) < 4.78 is 7.26. The minimum absolute atomic E-state index is 0.269. The van der Waals surface area contributed by atoms with E-state index in [1.54, 1.807) is 10.9 Å². The highest BCUT2D eigenvalue weighted by Gasteiger charge is 2.10. The van der Waals surface area contributed by atoms with Crippen LogP contribution in [0, 0.1) is 0 Å². The van der Waals surface area contributed by atoms with Crippen LogP contribution in [-0.2, 0) is 13.7 Å². The molecule has 0 aliphatic heterocycles. The largest absolute Gasteiger partial charge is 0.486 e. The van der Waals surface area contributed by atoms with Crippen LogP contribution in [0.3, 0.4) is 0 Å². The van der Waals surface area contributed by atoms with Crippen molar-refractivity contribution in [2.24, 2.45) is 7.05 Å². The summed E-state index contributed by atoms with van der Waals surface area (Å²) in [4.78, 5) is 8.60. The Bertz CT molecular complexity index is 711. The topological polar surface area (TPSA) is 52.8 Å². The zero-order valence-electron chi connectivity index (χ0n) is 10.2. The van der Waals surface area contributed by atoms with Crippen molar-refractivity contribution in [2.75, 3.05) is 0 Å². The first kappa shape index (κ1) is 11.9. The van der Waals surface area contributed by atoms with E-state index >= 15 is 0 Å². The predicted molar refractivity (Wildman–Crippen MR) is 72.1 cm³/mol. The smallest absolute Gasteiger partial charge is 0.170 e. The molecule has 3 aromatic rings. The van der Waals surface area contributed by atoms with Crippen LogP contribution in [0.4, 0.5) is 0 Å². The molecule has 6 heteroatoms. The Morgan fingerprint density at radius 1 is 1.21 bits per heavy atom. The van der Waals surface area contributed by atoms with Gasteiger partial charge in [-0.2, -0.15) is 5.10 Å². The van der Waals surface area contributed by atoms with Gasteiger partial charge in [-0.25, -0.2) is 9.97 Å². The molecule has 0 unspecified atom stereocenters. The molecule has 0 aliphatic carbocycles. The summed E-state index contributed by atoms with van der Waals surface area (Å²) in [5, 5.41) is 5.24. The highest BCUT2D eigenvalue weighted by Crippen LogP contribution is 2.20. The Morgan fingerprint density at radius 2 is 2.00 bits per heavy atom. The van der Waals surface area contributed by atoms with E-state index in [2.05, 4.69) is 15.1 Å². The standard InChI is InChI=1S/C13H11ClN4O/c1-18-13-10(7-15-18)12(14)16-11(17-13)8-19-9-5-3-2-4-6-9/h2-7H,8H2,1H3. The molecule has 96 valence electrons. The van der Waals surface area contributed by atoms with Crippen molar-refractivity contribution in [3.63, 3.8) is 0 Å². The van der Waals surface area contributed by atoms with Crippen molar-refractivity contribution in [1.82, 2.24) is 19.7 Å². The van der Waals surface area contributed by atoms with Gasteiger partial charge < -0.3 is 4.74 Å². The molecular weight excluding hydrogens is 264 g/mol. The van der Waals surface area contributed by atoms with Gasteiger partial charge in [0.25, 0.3) is 0 Å². The Kier molecular flexibility index (Phi) is 3.05. The van der Waals surface area contributed by atoms with Crippen LogP contribution < -0.4 is 4.74 Å². The molecule has 0 atom stereocenters. The van der Waals surface area contributed by atoms with Gasteiger partial charge in [-0.05, 0) is 12.1 Å². The number of benzene rings is 1. The van der Waals surface area contributed by atoms with E-state index < -0.39 is 0 Å². The molecule has 2 heterocycles. The van der Waals surface area contributed by atoms with Crippen LogP contribution >= 0.6 is 11.6 Å². The SMILES string of the molecule is Cn1ncc2c(Cl)nc(COc3ccccc3)nc21. The number of aryl methyl sites for hydroxylation is 1. The first-order valence-corrected chi connectivity index (χ1v) is 6.14. The number of aromatic nitrogens is 4. The maximum Gasteiger partial charge on any atom is 0.170 e. The van der Waals surface area contributed by atoms with Gasteiger partial charge >= 0.3 is 0 Å². The molecule has 0 saturated heterocycles. The van der Waals surface area contributed by atoms with E-state index in [1.807, 2.05) is 37.4 Å². The molecule has 0 saturated carbocycles. The third-order valence-electron chi connectivity index (χ3n) is 2.70. The Morgan fingerprint density at radius 3 is 2.79 bits per heavy atom. The molecule has 0 amide bonds.